The molecule has 1 rings (SSSR count). The third-order valence-corrected chi connectivity index (χ3v) is 2.29. The molecule has 0 radical (unpaired) electrons. The van der Waals surface area contributed by atoms with Gasteiger partial charge in [0.15, 0.2) is 11.1 Å². The molecule has 0 saturated carbocycles. The van der Waals surface area contributed by atoms with Crippen LogP contribution in [0.15, 0.2) is 18.2 Å². The van der Waals surface area contributed by atoms with Gasteiger partial charge in [0, 0.05) is 5.02 Å². The van der Waals surface area contributed by atoms with Crippen molar-refractivity contribution in [2.24, 2.45) is 0 Å². The lowest BCUT2D eigenvalue weighted by Gasteiger charge is -2.01. The quantitative estimate of drug-likeness (QED) is 0.782. The van der Waals surface area contributed by atoms with Crippen molar-refractivity contribution in [2.45, 2.75) is 5.75 Å². The summed E-state index contributed by atoms with van der Waals surface area (Å²) in [4.78, 5) is 10.6. The fourth-order valence-corrected chi connectivity index (χ4v) is 1.71. The van der Waals surface area contributed by atoms with E-state index in [2.05, 4.69) is 0 Å². The van der Waals surface area contributed by atoms with Gasteiger partial charge in [-0.3, -0.25) is 0 Å². The van der Waals surface area contributed by atoms with Crippen LogP contribution in [0.2, 0.25) is 5.02 Å². The van der Waals surface area contributed by atoms with Gasteiger partial charge in [0.1, 0.15) is 0 Å². The maximum Gasteiger partial charge on any atom is 0.335 e. The van der Waals surface area contributed by atoms with Gasteiger partial charge >= 0.3 is 5.97 Å². The normalized spacial score (nSPS) is 12.4. The standard InChI is InChI=1S/C8H7ClO4S/c9-7-2-5(4-14(12)13)1-6(3-7)8(10)11/h1-3H,4H2,(H,10,11)(H,12,13). The Kier molecular flexibility index (Phi) is 3.62. The predicted octanol–water partition coefficient (Wildman–Crippen LogP) is 1.76. The average Bonchev–Trinajstić information content (AvgIpc) is 2.01. The molecule has 4 nitrogen and oxygen atoms in total. The minimum absolute atomic E-state index is 0.0120. The Morgan fingerprint density at radius 2 is 2.07 bits per heavy atom. The first-order chi connectivity index (χ1) is 6.49. The van der Waals surface area contributed by atoms with Gasteiger partial charge in [-0.2, -0.15) is 0 Å². The number of aromatic carboxylic acids is 1. The highest BCUT2D eigenvalue weighted by molar-refractivity contribution is 7.78. The van der Waals surface area contributed by atoms with E-state index in [1.807, 2.05) is 0 Å². The van der Waals surface area contributed by atoms with Crippen LogP contribution in [0.25, 0.3) is 0 Å². The molecule has 0 fully saturated rings. The molecule has 0 aliphatic carbocycles. The second kappa shape index (κ2) is 4.54. The molecule has 0 amide bonds. The summed E-state index contributed by atoms with van der Waals surface area (Å²) in [6, 6.07) is 4.07. The van der Waals surface area contributed by atoms with Crippen molar-refractivity contribution in [3.63, 3.8) is 0 Å². The molecular formula is C8H7ClO4S. The molecule has 6 heteroatoms. The maximum atomic E-state index is 10.6. The Bertz CT molecular complexity index is 391. The van der Waals surface area contributed by atoms with Gasteiger partial charge in [-0.05, 0) is 23.8 Å². The van der Waals surface area contributed by atoms with Crippen molar-refractivity contribution in [1.29, 1.82) is 0 Å². The van der Waals surface area contributed by atoms with E-state index in [0.29, 0.717) is 5.56 Å². The number of hydrogen-bond acceptors (Lipinski definition) is 2. The van der Waals surface area contributed by atoms with Gasteiger partial charge in [0.05, 0.1) is 11.3 Å². The Morgan fingerprint density at radius 3 is 2.57 bits per heavy atom. The van der Waals surface area contributed by atoms with Crippen molar-refractivity contribution in [3.8, 4) is 0 Å². The summed E-state index contributed by atoms with van der Waals surface area (Å²) in [5.74, 6) is -1.24. The van der Waals surface area contributed by atoms with E-state index >= 15 is 0 Å². The number of carboxylic acids is 1. The van der Waals surface area contributed by atoms with Gasteiger partial charge in [-0.15, -0.1) is 0 Å². The van der Waals surface area contributed by atoms with Crippen molar-refractivity contribution in [1.82, 2.24) is 0 Å². The first-order valence-corrected chi connectivity index (χ1v) is 5.24. The summed E-state index contributed by atoms with van der Waals surface area (Å²) in [6.45, 7) is 0. The molecule has 0 heterocycles. The van der Waals surface area contributed by atoms with Gasteiger partial charge < -0.3 is 9.66 Å². The van der Waals surface area contributed by atoms with Crippen LogP contribution in [0.1, 0.15) is 15.9 Å². The molecule has 1 unspecified atom stereocenters. The molecule has 1 atom stereocenters. The second-order valence-electron chi connectivity index (χ2n) is 2.62. The lowest BCUT2D eigenvalue weighted by atomic mass is 10.1. The van der Waals surface area contributed by atoms with Crippen LogP contribution in [-0.2, 0) is 16.8 Å². The molecule has 1 aromatic carbocycles. The third-order valence-electron chi connectivity index (χ3n) is 1.49. The first-order valence-electron chi connectivity index (χ1n) is 3.59. The third kappa shape index (κ3) is 3.10. The van der Waals surface area contributed by atoms with Crippen molar-refractivity contribution in [2.75, 3.05) is 0 Å². The van der Waals surface area contributed by atoms with Crippen LogP contribution in [-0.4, -0.2) is 19.8 Å². The molecule has 0 bridgehead atoms. The zero-order valence-corrected chi connectivity index (χ0v) is 8.51. The van der Waals surface area contributed by atoms with Crippen LogP contribution < -0.4 is 0 Å². The minimum Gasteiger partial charge on any atom is -0.478 e. The van der Waals surface area contributed by atoms with Crippen LogP contribution in [0.5, 0.6) is 0 Å². The van der Waals surface area contributed by atoms with Crippen LogP contribution >= 0.6 is 11.6 Å². The van der Waals surface area contributed by atoms with E-state index in [1.54, 1.807) is 0 Å². The highest BCUT2D eigenvalue weighted by Gasteiger charge is 2.07. The van der Waals surface area contributed by atoms with Crippen molar-refractivity contribution < 1.29 is 18.7 Å². The number of carbonyl (C=O) groups is 1. The molecule has 76 valence electrons. The number of hydrogen-bond donors (Lipinski definition) is 2. The zero-order valence-electron chi connectivity index (χ0n) is 6.94. The van der Waals surface area contributed by atoms with Crippen LogP contribution in [0.4, 0.5) is 0 Å². The van der Waals surface area contributed by atoms with Crippen molar-refractivity contribution >= 4 is 28.7 Å². The zero-order chi connectivity index (χ0) is 10.7. The Hall–Kier alpha value is -0.910. The minimum atomic E-state index is -2.00. The van der Waals surface area contributed by atoms with Crippen LogP contribution in [0, 0.1) is 0 Å². The topological polar surface area (TPSA) is 74.6 Å². The Labute approximate surface area is 87.8 Å². The predicted molar refractivity (Wildman–Crippen MR) is 52.9 cm³/mol. The smallest absolute Gasteiger partial charge is 0.335 e. The van der Waals surface area contributed by atoms with Gasteiger partial charge in [0.25, 0.3) is 0 Å². The molecule has 14 heavy (non-hydrogen) atoms. The fraction of sp³-hybridized carbons (Fsp3) is 0.125. The second-order valence-corrected chi connectivity index (χ2v) is 3.99. The van der Waals surface area contributed by atoms with E-state index in [-0.39, 0.29) is 16.3 Å². The lowest BCUT2D eigenvalue weighted by molar-refractivity contribution is 0.0696. The summed E-state index contributed by atoms with van der Waals surface area (Å²) in [5.41, 5.74) is 0.439. The summed E-state index contributed by atoms with van der Waals surface area (Å²) in [5, 5.41) is 8.91. The summed E-state index contributed by atoms with van der Waals surface area (Å²) >= 11 is 3.64. The maximum absolute atomic E-state index is 10.6. The van der Waals surface area contributed by atoms with Crippen molar-refractivity contribution in [3.05, 3.63) is 34.3 Å². The average molecular weight is 235 g/mol. The molecule has 1 aromatic rings. The molecule has 0 aliphatic rings. The molecule has 0 aromatic heterocycles. The molecule has 0 spiro atoms. The summed E-state index contributed by atoms with van der Waals surface area (Å²) in [6.07, 6.45) is 0. The number of carboxylic acid groups (broad SMARTS) is 1. The first kappa shape index (κ1) is 11.2. The van der Waals surface area contributed by atoms with Gasteiger partial charge in [-0.1, -0.05) is 11.6 Å². The molecule has 0 saturated heterocycles. The molecule has 2 N–H and O–H groups in total. The molecular weight excluding hydrogens is 228 g/mol. The number of rotatable bonds is 3. The van der Waals surface area contributed by atoms with Gasteiger partial charge in [-0.25, -0.2) is 9.00 Å². The van der Waals surface area contributed by atoms with E-state index in [1.165, 1.54) is 18.2 Å². The van der Waals surface area contributed by atoms with E-state index in [9.17, 15) is 9.00 Å². The Balaban J connectivity index is 3.07. The number of halogens is 1. The lowest BCUT2D eigenvalue weighted by Crippen LogP contribution is -1.99. The highest BCUT2D eigenvalue weighted by Crippen LogP contribution is 2.16. The SMILES string of the molecule is O=C(O)c1cc(Cl)cc(CS(=O)O)c1. The monoisotopic (exact) mass is 234 g/mol. The summed E-state index contributed by atoms with van der Waals surface area (Å²) < 4.78 is 19.1. The Morgan fingerprint density at radius 1 is 1.43 bits per heavy atom. The van der Waals surface area contributed by atoms with E-state index in [0.717, 1.165) is 0 Å². The van der Waals surface area contributed by atoms with E-state index in [4.69, 9.17) is 21.3 Å². The van der Waals surface area contributed by atoms with Crippen LogP contribution in [0.3, 0.4) is 0 Å². The van der Waals surface area contributed by atoms with E-state index < -0.39 is 17.0 Å². The number of benzene rings is 1. The van der Waals surface area contributed by atoms with Gasteiger partial charge in [0.2, 0.25) is 0 Å². The summed E-state index contributed by atoms with van der Waals surface area (Å²) in [7, 11) is 0. The fourth-order valence-electron chi connectivity index (χ4n) is 1.000. The highest BCUT2D eigenvalue weighted by atomic mass is 35.5. The molecule has 0 aliphatic heterocycles. The largest absolute Gasteiger partial charge is 0.478 e.